The Balaban J connectivity index is 2.41. The first kappa shape index (κ1) is 9.74. The van der Waals surface area contributed by atoms with E-state index in [9.17, 15) is 0 Å². The summed E-state index contributed by atoms with van der Waals surface area (Å²) < 4.78 is 1.98. The Kier molecular flexibility index (Phi) is 2.15. The fraction of sp³-hybridized carbons (Fsp3) is 0.100. The van der Waals surface area contributed by atoms with E-state index in [-0.39, 0.29) is 0 Å². The Morgan fingerprint density at radius 1 is 1.38 bits per heavy atom. The number of imidazole rings is 1. The number of rotatable bonds is 1. The van der Waals surface area contributed by atoms with Crippen molar-refractivity contribution in [1.29, 1.82) is 0 Å². The van der Waals surface area contributed by atoms with Crippen LogP contribution in [0, 0.1) is 6.92 Å². The Bertz CT molecular complexity index is 644. The minimum absolute atomic E-state index is 0.392. The van der Waals surface area contributed by atoms with E-state index in [1.807, 2.05) is 29.0 Å². The highest BCUT2D eigenvalue weighted by Gasteiger charge is 2.13. The molecule has 0 unspecified atom stereocenters. The van der Waals surface area contributed by atoms with Gasteiger partial charge >= 0.3 is 0 Å². The van der Waals surface area contributed by atoms with E-state index in [0.717, 1.165) is 16.5 Å². The maximum Gasteiger partial charge on any atom is 0.170 e. The molecule has 0 bridgehead atoms. The molecule has 80 valence electrons. The molecule has 0 saturated carbocycles. The number of hydrogen-bond donors (Lipinski definition) is 0. The van der Waals surface area contributed by atoms with Crippen LogP contribution in [-0.2, 0) is 0 Å². The summed E-state index contributed by atoms with van der Waals surface area (Å²) in [6.45, 7) is 1.93. The molecule has 16 heavy (non-hydrogen) atoms. The van der Waals surface area contributed by atoms with Gasteiger partial charge in [0.15, 0.2) is 10.8 Å². The average Bonchev–Trinajstić information content (AvgIpc) is 2.85. The van der Waals surface area contributed by atoms with E-state index in [4.69, 9.17) is 11.6 Å². The van der Waals surface area contributed by atoms with Crippen LogP contribution < -0.4 is 0 Å². The van der Waals surface area contributed by atoms with Gasteiger partial charge in [-0.15, -0.1) is 11.3 Å². The van der Waals surface area contributed by atoms with Gasteiger partial charge in [0.2, 0.25) is 0 Å². The minimum atomic E-state index is 0.392. The molecule has 3 aromatic heterocycles. The van der Waals surface area contributed by atoms with Gasteiger partial charge in [0, 0.05) is 0 Å². The smallest absolute Gasteiger partial charge is 0.170 e. The lowest BCUT2D eigenvalue weighted by Gasteiger charge is -2.01. The molecule has 0 spiro atoms. The van der Waals surface area contributed by atoms with Crippen LogP contribution in [0.2, 0.25) is 5.15 Å². The molecule has 0 amide bonds. The number of nitrogens with zero attached hydrogens (tertiary/aromatic N) is 4. The summed E-state index contributed by atoms with van der Waals surface area (Å²) in [6, 6.07) is 4.02. The Labute approximate surface area is 101 Å². The van der Waals surface area contributed by atoms with E-state index in [0.29, 0.717) is 10.7 Å². The number of halogens is 1. The quantitative estimate of drug-likeness (QED) is 0.624. The van der Waals surface area contributed by atoms with Gasteiger partial charge in [-0.3, -0.25) is 4.57 Å². The van der Waals surface area contributed by atoms with Crippen molar-refractivity contribution in [2.45, 2.75) is 6.92 Å². The molecule has 0 aliphatic heterocycles. The predicted molar refractivity (Wildman–Crippen MR) is 64.3 cm³/mol. The van der Waals surface area contributed by atoms with Gasteiger partial charge in [0.05, 0.1) is 0 Å². The molecule has 0 saturated heterocycles. The number of aryl methyl sites for hydroxylation is 1. The lowest BCUT2D eigenvalue weighted by atomic mass is 10.5. The molecule has 0 aliphatic carbocycles. The molecule has 0 fully saturated rings. The number of hydrogen-bond acceptors (Lipinski definition) is 4. The topological polar surface area (TPSA) is 43.6 Å². The van der Waals surface area contributed by atoms with Gasteiger partial charge in [0.1, 0.15) is 22.7 Å². The fourth-order valence-electron chi connectivity index (χ4n) is 1.63. The second-order valence-corrected chi connectivity index (χ2v) is 4.57. The molecular formula is C10H7ClN4S. The van der Waals surface area contributed by atoms with Gasteiger partial charge in [-0.2, -0.15) is 0 Å². The zero-order valence-corrected chi connectivity index (χ0v) is 9.96. The third-order valence-corrected chi connectivity index (χ3v) is 3.42. The van der Waals surface area contributed by atoms with Crippen LogP contribution in [-0.4, -0.2) is 19.5 Å². The highest BCUT2D eigenvalue weighted by atomic mass is 35.5. The highest BCUT2D eigenvalue weighted by molar-refractivity contribution is 7.12. The van der Waals surface area contributed by atoms with Gasteiger partial charge in [-0.05, 0) is 24.4 Å². The van der Waals surface area contributed by atoms with Crippen LogP contribution in [0.5, 0.6) is 0 Å². The van der Waals surface area contributed by atoms with Crippen LogP contribution in [0.25, 0.3) is 16.2 Å². The van der Waals surface area contributed by atoms with Crippen LogP contribution in [0.15, 0.2) is 23.8 Å². The first-order valence-corrected chi connectivity index (χ1v) is 5.92. The van der Waals surface area contributed by atoms with Crippen molar-refractivity contribution in [3.05, 3.63) is 34.8 Å². The molecule has 0 radical (unpaired) electrons. The molecular weight excluding hydrogens is 244 g/mol. The van der Waals surface area contributed by atoms with Gasteiger partial charge in [0.25, 0.3) is 0 Å². The molecule has 3 heterocycles. The monoisotopic (exact) mass is 250 g/mol. The maximum atomic E-state index is 5.98. The van der Waals surface area contributed by atoms with Gasteiger partial charge in [-0.1, -0.05) is 11.6 Å². The van der Waals surface area contributed by atoms with Crippen LogP contribution in [0.1, 0.15) is 5.82 Å². The predicted octanol–water partition coefficient (Wildman–Crippen LogP) is 2.84. The van der Waals surface area contributed by atoms with Crippen molar-refractivity contribution < 1.29 is 0 Å². The molecule has 0 aromatic carbocycles. The Morgan fingerprint density at radius 2 is 2.25 bits per heavy atom. The van der Waals surface area contributed by atoms with Crippen molar-refractivity contribution in [1.82, 2.24) is 19.5 Å². The number of thiophene rings is 1. The summed E-state index contributed by atoms with van der Waals surface area (Å²) in [7, 11) is 0. The standard InChI is InChI=1S/C10H7ClN4S/c1-6-14-8-9(11)12-5-13-10(8)15(6)7-3-2-4-16-7/h2-5H,1H3. The molecule has 0 N–H and O–H groups in total. The van der Waals surface area contributed by atoms with Crippen molar-refractivity contribution >= 4 is 34.1 Å². The molecule has 0 atom stereocenters. The SMILES string of the molecule is Cc1nc2c(Cl)ncnc2n1-c1cccs1. The molecule has 3 aromatic rings. The molecule has 0 aliphatic rings. The van der Waals surface area contributed by atoms with E-state index >= 15 is 0 Å². The molecule has 6 heteroatoms. The summed E-state index contributed by atoms with van der Waals surface area (Å²) in [6.07, 6.45) is 1.45. The second-order valence-electron chi connectivity index (χ2n) is 3.28. The van der Waals surface area contributed by atoms with Crippen LogP contribution in [0.4, 0.5) is 0 Å². The van der Waals surface area contributed by atoms with Gasteiger partial charge < -0.3 is 0 Å². The maximum absolute atomic E-state index is 5.98. The molecule has 3 rings (SSSR count). The summed E-state index contributed by atoms with van der Waals surface area (Å²) in [5.74, 6) is 0.861. The van der Waals surface area contributed by atoms with Crippen LogP contribution >= 0.6 is 22.9 Å². The lowest BCUT2D eigenvalue weighted by Crippen LogP contribution is -1.95. The zero-order chi connectivity index (χ0) is 11.1. The fourth-order valence-corrected chi connectivity index (χ4v) is 2.58. The summed E-state index contributed by atoms with van der Waals surface area (Å²) in [5, 5.41) is 3.49. The first-order chi connectivity index (χ1) is 7.77. The largest absolute Gasteiger partial charge is 0.271 e. The van der Waals surface area contributed by atoms with E-state index in [2.05, 4.69) is 15.0 Å². The number of fused-ring (bicyclic) bond motifs is 1. The Hall–Kier alpha value is -1.46. The van der Waals surface area contributed by atoms with Crippen molar-refractivity contribution in [2.75, 3.05) is 0 Å². The van der Waals surface area contributed by atoms with Gasteiger partial charge in [-0.25, -0.2) is 15.0 Å². The second kappa shape index (κ2) is 3.54. The van der Waals surface area contributed by atoms with E-state index < -0.39 is 0 Å². The summed E-state index contributed by atoms with van der Waals surface area (Å²) >= 11 is 7.62. The highest BCUT2D eigenvalue weighted by Crippen LogP contribution is 2.25. The summed E-state index contributed by atoms with van der Waals surface area (Å²) in [5.41, 5.74) is 1.40. The van der Waals surface area contributed by atoms with E-state index in [1.54, 1.807) is 11.3 Å². The summed E-state index contributed by atoms with van der Waals surface area (Å²) in [4.78, 5) is 12.5. The van der Waals surface area contributed by atoms with Crippen molar-refractivity contribution in [3.8, 4) is 5.00 Å². The van der Waals surface area contributed by atoms with Crippen molar-refractivity contribution in [3.63, 3.8) is 0 Å². The first-order valence-electron chi connectivity index (χ1n) is 4.67. The lowest BCUT2D eigenvalue weighted by molar-refractivity contribution is 1.00. The zero-order valence-electron chi connectivity index (χ0n) is 8.38. The number of aromatic nitrogens is 4. The van der Waals surface area contributed by atoms with Crippen molar-refractivity contribution in [2.24, 2.45) is 0 Å². The van der Waals surface area contributed by atoms with E-state index in [1.165, 1.54) is 6.33 Å². The third kappa shape index (κ3) is 1.32. The normalized spacial score (nSPS) is 11.1. The Morgan fingerprint density at radius 3 is 3.00 bits per heavy atom. The van der Waals surface area contributed by atoms with Crippen LogP contribution in [0.3, 0.4) is 0 Å². The molecule has 4 nitrogen and oxygen atoms in total. The average molecular weight is 251 g/mol. The minimum Gasteiger partial charge on any atom is -0.271 e. The third-order valence-electron chi connectivity index (χ3n) is 2.29.